The summed E-state index contributed by atoms with van der Waals surface area (Å²) >= 11 is 7.79. The van der Waals surface area contributed by atoms with Crippen molar-refractivity contribution in [2.45, 2.75) is 32.7 Å². The van der Waals surface area contributed by atoms with Crippen molar-refractivity contribution >= 4 is 35.0 Å². The molecule has 0 fully saturated rings. The van der Waals surface area contributed by atoms with Crippen LogP contribution in [0.2, 0.25) is 5.15 Å². The van der Waals surface area contributed by atoms with Gasteiger partial charge in [0.25, 0.3) is 0 Å². The number of anilines is 1. The predicted molar refractivity (Wildman–Crippen MR) is 80.8 cm³/mol. The lowest BCUT2D eigenvalue weighted by Gasteiger charge is -2.08. The first kappa shape index (κ1) is 13.5. The van der Waals surface area contributed by atoms with Gasteiger partial charge in [-0.25, -0.2) is 9.97 Å². The molecule has 0 saturated carbocycles. The molecule has 0 atom stereocenters. The number of hydrogen-bond donors (Lipinski definition) is 1. The Hall–Kier alpha value is -1.46. The van der Waals surface area contributed by atoms with Crippen molar-refractivity contribution in [3.63, 3.8) is 0 Å². The summed E-state index contributed by atoms with van der Waals surface area (Å²) in [5, 5.41) is 3.39. The van der Waals surface area contributed by atoms with Gasteiger partial charge in [-0.2, -0.15) is 0 Å². The van der Waals surface area contributed by atoms with E-state index in [4.69, 9.17) is 11.6 Å². The molecule has 1 aliphatic rings. The number of carbonyl (C=O) groups excluding carboxylic acids is 1. The van der Waals surface area contributed by atoms with Gasteiger partial charge in [-0.1, -0.05) is 11.6 Å². The number of halogens is 1. The number of thiophene rings is 1. The van der Waals surface area contributed by atoms with E-state index in [1.807, 2.05) is 11.3 Å². The second-order valence-corrected chi connectivity index (χ2v) is 6.39. The highest BCUT2D eigenvalue weighted by atomic mass is 35.5. The third-order valence-corrected chi connectivity index (χ3v) is 4.88. The Labute approximate surface area is 126 Å². The summed E-state index contributed by atoms with van der Waals surface area (Å²) in [5.41, 5.74) is 1.79. The topological polar surface area (TPSA) is 54.9 Å². The Balaban J connectivity index is 1.79. The van der Waals surface area contributed by atoms with E-state index in [0.29, 0.717) is 30.0 Å². The maximum absolute atomic E-state index is 11.1. The summed E-state index contributed by atoms with van der Waals surface area (Å²) in [6.07, 6.45) is 4.34. The summed E-state index contributed by atoms with van der Waals surface area (Å²) in [7, 11) is 0. The van der Waals surface area contributed by atoms with Gasteiger partial charge in [-0.3, -0.25) is 4.79 Å². The first-order chi connectivity index (χ1) is 9.67. The van der Waals surface area contributed by atoms with Crippen LogP contribution in [0.25, 0.3) is 0 Å². The summed E-state index contributed by atoms with van der Waals surface area (Å²) in [6, 6.07) is 2.25. The first-order valence-corrected chi connectivity index (χ1v) is 7.70. The van der Waals surface area contributed by atoms with Crippen LogP contribution >= 0.6 is 22.9 Å². The van der Waals surface area contributed by atoms with Crippen LogP contribution in [-0.4, -0.2) is 16.3 Å². The van der Waals surface area contributed by atoms with Crippen LogP contribution in [0.3, 0.4) is 0 Å². The van der Waals surface area contributed by atoms with Gasteiger partial charge < -0.3 is 5.32 Å². The van der Waals surface area contributed by atoms with Crippen molar-refractivity contribution in [2.75, 3.05) is 5.32 Å². The van der Waals surface area contributed by atoms with Gasteiger partial charge in [0.2, 0.25) is 0 Å². The van der Waals surface area contributed by atoms with Crippen LogP contribution in [0.15, 0.2) is 6.07 Å². The molecule has 0 saturated heterocycles. The van der Waals surface area contributed by atoms with E-state index in [9.17, 15) is 4.79 Å². The van der Waals surface area contributed by atoms with Crippen LogP contribution in [0, 0.1) is 6.92 Å². The van der Waals surface area contributed by atoms with E-state index in [-0.39, 0.29) is 5.15 Å². The molecule has 0 bridgehead atoms. The van der Waals surface area contributed by atoms with Gasteiger partial charge in [0.05, 0.1) is 12.1 Å². The molecule has 0 amide bonds. The standard InChI is InChI=1S/C14H14ClN3OS/c1-8-17-13(15)11(7-19)14(18-8)16-6-10-5-9-3-2-4-12(9)20-10/h5,7H,2-4,6H2,1H3,(H,16,17,18). The number of aryl methyl sites for hydroxylation is 3. The molecule has 104 valence electrons. The minimum atomic E-state index is 0.198. The van der Waals surface area contributed by atoms with Crippen LogP contribution in [0.1, 0.15) is 37.9 Å². The maximum atomic E-state index is 11.1. The Morgan fingerprint density at radius 3 is 3.05 bits per heavy atom. The predicted octanol–water partition coefficient (Wildman–Crippen LogP) is 3.41. The molecule has 4 nitrogen and oxygen atoms in total. The Bertz CT molecular complexity index is 647. The number of nitrogens with zero attached hydrogens (tertiary/aromatic N) is 2. The lowest BCUT2D eigenvalue weighted by atomic mass is 10.2. The third-order valence-electron chi connectivity index (χ3n) is 3.36. The average molecular weight is 308 g/mol. The van der Waals surface area contributed by atoms with Crippen molar-refractivity contribution in [3.8, 4) is 0 Å². The van der Waals surface area contributed by atoms with Gasteiger partial charge >= 0.3 is 0 Å². The first-order valence-electron chi connectivity index (χ1n) is 6.51. The van der Waals surface area contributed by atoms with E-state index < -0.39 is 0 Å². The lowest BCUT2D eigenvalue weighted by Crippen LogP contribution is -2.06. The minimum Gasteiger partial charge on any atom is -0.364 e. The molecular weight excluding hydrogens is 294 g/mol. The van der Waals surface area contributed by atoms with Crippen LogP contribution in [0.4, 0.5) is 5.82 Å². The van der Waals surface area contributed by atoms with E-state index in [0.717, 1.165) is 0 Å². The highest BCUT2D eigenvalue weighted by Gasteiger charge is 2.15. The summed E-state index contributed by atoms with van der Waals surface area (Å²) in [4.78, 5) is 22.1. The molecule has 20 heavy (non-hydrogen) atoms. The largest absolute Gasteiger partial charge is 0.364 e. The van der Waals surface area contributed by atoms with Crippen molar-refractivity contribution in [3.05, 3.63) is 37.9 Å². The molecule has 2 aromatic heterocycles. The number of nitrogens with one attached hydrogen (secondary N) is 1. The SMILES string of the molecule is Cc1nc(Cl)c(C=O)c(NCc2cc3c(s2)CCC3)n1. The number of carbonyl (C=O) groups is 1. The highest BCUT2D eigenvalue weighted by molar-refractivity contribution is 7.12. The number of hydrogen-bond acceptors (Lipinski definition) is 5. The van der Waals surface area contributed by atoms with E-state index in [1.54, 1.807) is 6.92 Å². The van der Waals surface area contributed by atoms with Crippen LogP contribution < -0.4 is 5.32 Å². The van der Waals surface area contributed by atoms with Gasteiger partial charge in [-0.05, 0) is 37.8 Å². The fourth-order valence-electron chi connectivity index (χ4n) is 2.43. The zero-order valence-corrected chi connectivity index (χ0v) is 12.6. The lowest BCUT2D eigenvalue weighted by molar-refractivity contribution is 0.112. The molecule has 0 radical (unpaired) electrons. The number of rotatable bonds is 4. The Kier molecular flexibility index (Phi) is 3.72. The zero-order valence-electron chi connectivity index (χ0n) is 11.1. The Morgan fingerprint density at radius 2 is 2.30 bits per heavy atom. The minimum absolute atomic E-state index is 0.198. The molecule has 0 spiro atoms. The Morgan fingerprint density at radius 1 is 1.45 bits per heavy atom. The molecule has 0 aromatic carbocycles. The second kappa shape index (κ2) is 5.50. The normalized spacial score (nSPS) is 13.3. The van der Waals surface area contributed by atoms with Gasteiger partial charge in [-0.15, -0.1) is 11.3 Å². The van der Waals surface area contributed by atoms with E-state index in [2.05, 4.69) is 21.4 Å². The number of aldehydes is 1. The molecule has 0 unspecified atom stereocenters. The van der Waals surface area contributed by atoms with Crippen molar-refractivity contribution in [1.82, 2.24) is 9.97 Å². The molecule has 3 rings (SSSR count). The van der Waals surface area contributed by atoms with E-state index >= 15 is 0 Å². The van der Waals surface area contributed by atoms with Gasteiger partial charge in [0, 0.05) is 9.75 Å². The van der Waals surface area contributed by atoms with Gasteiger partial charge in [0.15, 0.2) is 6.29 Å². The molecule has 2 aromatic rings. The second-order valence-electron chi connectivity index (χ2n) is 4.81. The molecule has 2 heterocycles. The van der Waals surface area contributed by atoms with Crippen molar-refractivity contribution in [1.29, 1.82) is 0 Å². The summed E-state index contributed by atoms with van der Waals surface area (Å²) in [5.74, 6) is 1.06. The molecular formula is C14H14ClN3OS. The smallest absolute Gasteiger partial charge is 0.156 e. The zero-order chi connectivity index (χ0) is 14.1. The van der Waals surface area contributed by atoms with Crippen molar-refractivity contribution in [2.24, 2.45) is 0 Å². The fourth-order valence-corrected chi connectivity index (χ4v) is 3.89. The molecule has 1 N–H and O–H groups in total. The van der Waals surface area contributed by atoms with E-state index in [1.165, 1.54) is 34.6 Å². The van der Waals surface area contributed by atoms with Crippen molar-refractivity contribution < 1.29 is 4.79 Å². The quantitative estimate of drug-likeness (QED) is 0.694. The van der Waals surface area contributed by atoms with Gasteiger partial charge in [0.1, 0.15) is 16.8 Å². The fraction of sp³-hybridized carbons (Fsp3) is 0.357. The summed E-state index contributed by atoms with van der Waals surface area (Å²) in [6.45, 7) is 2.41. The maximum Gasteiger partial charge on any atom is 0.156 e. The third kappa shape index (κ3) is 2.55. The van der Waals surface area contributed by atoms with Crippen LogP contribution in [-0.2, 0) is 19.4 Å². The van der Waals surface area contributed by atoms with Crippen LogP contribution in [0.5, 0.6) is 0 Å². The molecule has 6 heteroatoms. The monoisotopic (exact) mass is 307 g/mol. The molecule has 1 aliphatic carbocycles. The average Bonchev–Trinajstić information content (AvgIpc) is 2.96. The number of aromatic nitrogens is 2. The highest BCUT2D eigenvalue weighted by Crippen LogP contribution is 2.31. The summed E-state index contributed by atoms with van der Waals surface area (Å²) < 4.78 is 0. The number of fused-ring (bicyclic) bond motifs is 1. The molecule has 0 aliphatic heterocycles.